The van der Waals surface area contributed by atoms with Crippen molar-refractivity contribution in [1.29, 1.82) is 0 Å². The molecule has 5 nitrogen and oxygen atoms in total. The molecule has 5 heteroatoms. The van der Waals surface area contributed by atoms with E-state index < -0.39 is 0 Å². The molecule has 124 valence electrons. The van der Waals surface area contributed by atoms with Gasteiger partial charge in [0.25, 0.3) is 5.91 Å². The van der Waals surface area contributed by atoms with E-state index in [1.54, 1.807) is 36.6 Å². The van der Waals surface area contributed by atoms with Crippen LogP contribution in [0.1, 0.15) is 22.8 Å². The minimum absolute atomic E-state index is 0.278. The molecule has 0 fully saturated rings. The number of carbonyl (C=O) groups is 1. The Hall–Kier alpha value is -3.08. The van der Waals surface area contributed by atoms with Crippen LogP contribution in [0.25, 0.3) is 0 Å². The van der Waals surface area contributed by atoms with E-state index in [0.29, 0.717) is 18.8 Å². The highest BCUT2D eigenvalue weighted by molar-refractivity contribution is 5.95. The maximum Gasteiger partial charge on any atom is 0.271 e. The number of nitrogens with one attached hydrogen (secondary N) is 1. The Balaban J connectivity index is 1.88. The molecule has 2 rings (SSSR count). The van der Waals surface area contributed by atoms with Crippen molar-refractivity contribution in [2.45, 2.75) is 6.92 Å². The van der Waals surface area contributed by atoms with E-state index in [9.17, 15) is 4.79 Å². The van der Waals surface area contributed by atoms with Gasteiger partial charge in [-0.1, -0.05) is 12.7 Å². The van der Waals surface area contributed by atoms with Crippen LogP contribution in [0.5, 0.6) is 11.5 Å². The molecule has 0 heterocycles. The molecule has 0 aliphatic carbocycles. The molecule has 0 spiro atoms. The summed E-state index contributed by atoms with van der Waals surface area (Å²) in [5, 5.41) is 3.96. The Kier molecular flexibility index (Phi) is 6.58. The maximum absolute atomic E-state index is 12.0. The lowest BCUT2D eigenvalue weighted by molar-refractivity contribution is 0.0955. The van der Waals surface area contributed by atoms with Gasteiger partial charge in [-0.2, -0.15) is 5.10 Å². The van der Waals surface area contributed by atoms with Gasteiger partial charge >= 0.3 is 0 Å². The topological polar surface area (TPSA) is 59.9 Å². The average Bonchev–Trinajstić information content (AvgIpc) is 2.62. The van der Waals surface area contributed by atoms with E-state index in [0.717, 1.165) is 17.1 Å². The van der Waals surface area contributed by atoms with E-state index in [2.05, 4.69) is 17.1 Å². The monoisotopic (exact) mass is 324 g/mol. The fourth-order valence-electron chi connectivity index (χ4n) is 1.90. The molecule has 2 aromatic rings. The molecule has 0 aromatic heterocycles. The predicted octanol–water partition coefficient (Wildman–Crippen LogP) is 3.41. The summed E-state index contributed by atoms with van der Waals surface area (Å²) in [5.41, 5.74) is 3.86. The summed E-state index contributed by atoms with van der Waals surface area (Å²) in [7, 11) is 0. The van der Waals surface area contributed by atoms with E-state index in [1.807, 2.05) is 31.2 Å². The van der Waals surface area contributed by atoms with Crippen molar-refractivity contribution in [1.82, 2.24) is 5.43 Å². The van der Waals surface area contributed by atoms with Crippen molar-refractivity contribution >= 4 is 12.1 Å². The number of benzene rings is 2. The van der Waals surface area contributed by atoms with Crippen molar-refractivity contribution in [2.24, 2.45) is 5.10 Å². The molecule has 0 aliphatic rings. The van der Waals surface area contributed by atoms with E-state index >= 15 is 0 Å². The van der Waals surface area contributed by atoms with E-state index in [-0.39, 0.29) is 5.91 Å². The van der Waals surface area contributed by atoms with Gasteiger partial charge in [0, 0.05) is 5.56 Å². The van der Waals surface area contributed by atoms with Crippen molar-refractivity contribution in [3.63, 3.8) is 0 Å². The zero-order valence-electron chi connectivity index (χ0n) is 13.6. The van der Waals surface area contributed by atoms with Crippen LogP contribution in [0.15, 0.2) is 66.3 Å². The molecule has 0 bridgehead atoms. The molecule has 0 radical (unpaired) electrons. The first kappa shape index (κ1) is 17.3. The first-order valence-electron chi connectivity index (χ1n) is 7.63. The van der Waals surface area contributed by atoms with Gasteiger partial charge in [-0.3, -0.25) is 4.79 Å². The summed E-state index contributed by atoms with van der Waals surface area (Å²) in [5.74, 6) is 1.21. The highest BCUT2D eigenvalue weighted by Gasteiger charge is 2.04. The molecule has 2 aromatic carbocycles. The molecule has 24 heavy (non-hydrogen) atoms. The Labute approximate surface area is 141 Å². The minimum Gasteiger partial charge on any atom is -0.494 e. The van der Waals surface area contributed by atoms with Crippen molar-refractivity contribution in [3.05, 3.63) is 72.3 Å². The lowest BCUT2D eigenvalue weighted by Crippen LogP contribution is -2.17. The summed E-state index contributed by atoms with van der Waals surface area (Å²) in [6.07, 6.45) is 3.26. The van der Waals surface area contributed by atoms with Gasteiger partial charge in [0.2, 0.25) is 0 Å². The molecule has 0 unspecified atom stereocenters. The molecular formula is C19H20N2O3. The molecule has 0 atom stereocenters. The Bertz CT molecular complexity index is 692. The molecule has 0 saturated carbocycles. The quantitative estimate of drug-likeness (QED) is 0.460. The molecule has 0 saturated heterocycles. The van der Waals surface area contributed by atoms with Crippen LogP contribution in [-0.4, -0.2) is 25.3 Å². The second-order valence-corrected chi connectivity index (χ2v) is 4.83. The number of hydrogen-bond donors (Lipinski definition) is 1. The van der Waals surface area contributed by atoms with Crippen LogP contribution in [0.3, 0.4) is 0 Å². The van der Waals surface area contributed by atoms with Gasteiger partial charge in [0.05, 0.1) is 12.8 Å². The van der Waals surface area contributed by atoms with Crippen LogP contribution >= 0.6 is 0 Å². The number of nitrogens with zero attached hydrogens (tertiary/aromatic N) is 1. The fourth-order valence-corrected chi connectivity index (χ4v) is 1.90. The Morgan fingerprint density at radius 1 is 1.08 bits per heavy atom. The second-order valence-electron chi connectivity index (χ2n) is 4.83. The molecule has 1 N–H and O–H groups in total. The van der Waals surface area contributed by atoms with Gasteiger partial charge in [-0.25, -0.2) is 5.43 Å². The number of carbonyl (C=O) groups excluding carboxylic acids is 1. The molecular weight excluding hydrogens is 304 g/mol. The minimum atomic E-state index is -0.278. The number of ether oxygens (including phenoxy) is 2. The molecule has 1 amide bonds. The van der Waals surface area contributed by atoms with Crippen molar-refractivity contribution in [3.8, 4) is 11.5 Å². The van der Waals surface area contributed by atoms with Crippen LogP contribution in [0.4, 0.5) is 0 Å². The summed E-state index contributed by atoms with van der Waals surface area (Å²) >= 11 is 0. The maximum atomic E-state index is 12.0. The number of hydrogen-bond acceptors (Lipinski definition) is 4. The van der Waals surface area contributed by atoms with Gasteiger partial charge < -0.3 is 9.47 Å². The van der Waals surface area contributed by atoms with Crippen LogP contribution in [0, 0.1) is 0 Å². The summed E-state index contributed by atoms with van der Waals surface area (Å²) in [6, 6.07) is 14.3. The molecule has 0 aliphatic heterocycles. The SMILES string of the molecule is C=CCOc1ccc(/C=N/NC(=O)c2ccc(OCC)cc2)cc1. The summed E-state index contributed by atoms with van der Waals surface area (Å²) in [6.45, 7) is 6.56. The van der Waals surface area contributed by atoms with E-state index in [1.165, 1.54) is 0 Å². The highest BCUT2D eigenvalue weighted by Crippen LogP contribution is 2.12. The normalized spacial score (nSPS) is 10.4. The Morgan fingerprint density at radius 2 is 1.71 bits per heavy atom. The van der Waals surface area contributed by atoms with Crippen molar-refractivity contribution < 1.29 is 14.3 Å². The summed E-state index contributed by atoms with van der Waals surface area (Å²) < 4.78 is 10.7. The zero-order chi connectivity index (χ0) is 17.2. The third kappa shape index (κ3) is 5.28. The zero-order valence-corrected chi connectivity index (χ0v) is 13.6. The van der Waals surface area contributed by atoms with E-state index in [4.69, 9.17) is 9.47 Å². The average molecular weight is 324 g/mol. The van der Waals surface area contributed by atoms with Gasteiger partial charge in [-0.15, -0.1) is 0 Å². The predicted molar refractivity (Wildman–Crippen MR) is 94.8 cm³/mol. The first-order chi connectivity index (χ1) is 11.7. The largest absolute Gasteiger partial charge is 0.494 e. The van der Waals surface area contributed by atoms with Gasteiger partial charge in [0.15, 0.2) is 0 Å². The van der Waals surface area contributed by atoms with Gasteiger partial charge in [-0.05, 0) is 61.0 Å². The lowest BCUT2D eigenvalue weighted by Gasteiger charge is -2.04. The van der Waals surface area contributed by atoms with Crippen LogP contribution < -0.4 is 14.9 Å². The van der Waals surface area contributed by atoms with Crippen molar-refractivity contribution in [2.75, 3.05) is 13.2 Å². The number of amides is 1. The third-order valence-electron chi connectivity index (χ3n) is 3.06. The second kappa shape index (κ2) is 9.15. The highest BCUT2D eigenvalue weighted by atomic mass is 16.5. The van der Waals surface area contributed by atoms with Crippen LogP contribution in [-0.2, 0) is 0 Å². The fraction of sp³-hybridized carbons (Fsp3) is 0.158. The lowest BCUT2D eigenvalue weighted by atomic mass is 10.2. The third-order valence-corrected chi connectivity index (χ3v) is 3.06. The standard InChI is InChI=1S/C19H20N2O3/c1-3-13-24-18-9-5-15(6-10-18)14-20-21-19(22)16-7-11-17(12-8-16)23-4-2/h3,5-12,14H,1,4,13H2,2H3,(H,21,22)/b20-14+. The number of hydrazone groups is 1. The summed E-state index contributed by atoms with van der Waals surface area (Å²) in [4.78, 5) is 12.0. The van der Waals surface area contributed by atoms with Gasteiger partial charge in [0.1, 0.15) is 18.1 Å². The smallest absolute Gasteiger partial charge is 0.271 e. The Morgan fingerprint density at radius 3 is 2.33 bits per heavy atom. The number of rotatable bonds is 8. The first-order valence-corrected chi connectivity index (χ1v) is 7.63. The van der Waals surface area contributed by atoms with Crippen LogP contribution in [0.2, 0.25) is 0 Å².